The SMILES string of the molecule is CC(C)C1=C2[C@H]3CC[C@@H]4[C@@]5(C)CC[C@H](OC(=O)CC(C)(C)C(=O)O)C(C)(C)[C@@H]5CC[C@@]4(C)[C@]3(C)CC[C@@]2(C(=O)Cc2cncnc2)CC1=O. The van der Waals surface area contributed by atoms with Gasteiger partial charge in [-0.05, 0) is 122 Å². The molecule has 268 valence electrons. The summed E-state index contributed by atoms with van der Waals surface area (Å²) in [5.74, 6) is -0.0422. The molecule has 0 unspecified atom stereocenters. The highest BCUT2D eigenvalue weighted by atomic mass is 16.5. The van der Waals surface area contributed by atoms with Crippen LogP contribution in [0.5, 0.6) is 0 Å². The summed E-state index contributed by atoms with van der Waals surface area (Å²) in [6.07, 6.45) is 12.6. The molecule has 8 nitrogen and oxygen atoms in total. The zero-order chi connectivity index (χ0) is 35.9. The zero-order valence-corrected chi connectivity index (χ0v) is 31.3. The first-order valence-corrected chi connectivity index (χ1v) is 18.7. The zero-order valence-electron chi connectivity index (χ0n) is 31.3. The van der Waals surface area contributed by atoms with E-state index in [0.717, 1.165) is 56.1 Å². The highest BCUT2D eigenvalue weighted by Crippen LogP contribution is 2.76. The fourth-order valence-electron chi connectivity index (χ4n) is 12.6. The molecule has 5 aliphatic rings. The maximum Gasteiger partial charge on any atom is 0.309 e. The number of fused-ring (bicyclic) bond motifs is 7. The Bertz CT molecular complexity index is 1580. The third kappa shape index (κ3) is 5.27. The van der Waals surface area contributed by atoms with E-state index in [1.54, 1.807) is 26.2 Å². The number of aliphatic carboxylic acids is 1. The summed E-state index contributed by atoms with van der Waals surface area (Å²) in [6.45, 7) is 19.4. The van der Waals surface area contributed by atoms with Gasteiger partial charge in [0.1, 0.15) is 18.2 Å². The molecule has 1 aromatic rings. The van der Waals surface area contributed by atoms with E-state index in [2.05, 4.69) is 58.4 Å². The molecule has 0 bridgehead atoms. The molecule has 0 aliphatic heterocycles. The van der Waals surface area contributed by atoms with E-state index in [1.165, 1.54) is 11.9 Å². The number of ether oxygens (including phenoxy) is 1. The lowest BCUT2D eigenvalue weighted by atomic mass is 9.33. The van der Waals surface area contributed by atoms with Gasteiger partial charge < -0.3 is 9.84 Å². The van der Waals surface area contributed by atoms with E-state index in [0.29, 0.717) is 24.7 Å². The predicted molar refractivity (Wildman–Crippen MR) is 186 cm³/mol. The van der Waals surface area contributed by atoms with Crippen molar-refractivity contribution in [3.05, 3.63) is 35.4 Å². The van der Waals surface area contributed by atoms with Crippen molar-refractivity contribution >= 4 is 23.5 Å². The Morgan fingerprint density at radius 3 is 2.22 bits per heavy atom. The number of ketones is 2. The number of hydrogen-bond acceptors (Lipinski definition) is 7. The minimum absolute atomic E-state index is 0.0233. The Kier molecular flexibility index (Phi) is 8.67. The van der Waals surface area contributed by atoms with Crippen LogP contribution in [0.2, 0.25) is 0 Å². The van der Waals surface area contributed by atoms with E-state index in [1.807, 2.05) is 0 Å². The first kappa shape index (κ1) is 35.9. The minimum Gasteiger partial charge on any atom is -0.481 e. The number of nitrogens with zero attached hydrogens (tertiary/aromatic N) is 2. The van der Waals surface area contributed by atoms with Crippen LogP contribution in [0.25, 0.3) is 0 Å². The normalized spacial score (nSPS) is 38.3. The fraction of sp³-hybridized carbons (Fsp3) is 0.756. The second-order valence-electron chi connectivity index (χ2n) is 18.8. The summed E-state index contributed by atoms with van der Waals surface area (Å²) >= 11 is 0. The number of hydrogen-bond donors (Lipinski definition) is 1. The van der Waals surface area contributed by atoms with Crippen LogP contribution >= 0.6 is 0 Å². The number of esters is 1. The van der Waals surface area contributed by atoms with Gasteiger partial charge in [-0.3, -0.25) is 19.2 Å². The van der Waals surface area contributed by atoms with Gasteiger partial charge in [0.25, 0.3) is 0 Å². The van der Waals surface area contributed by atoms with Crippen LogP contribution < -0.4 is 0 Å². The van der Waals surface area contributed by atoms with E-state index in [-0.39, 0.29) is 64.0 Å². The number of carboxylic acid groups (broad SMARTS) is 1. The molecule has 4 saturated carbocycles. The van der Waals surface area contributed by atoms with Crippen LogP contribution in [-0.4, -0.2) is 44.7 Å². The fourth-order valence-corrected chi connectivity index (χ4v) is 12.6. The molecule has 0 amide bonds. The van der Waals surface area contributed by atoms with Crippen molar-refractivity contribution in [3.8, 4) is 0 Å². The van der Waals surface area contributed by atoms with Crippen LogP contribution in [0.4, 0.5) is 0 Å². The molecule has 5 aliphatic carbocycles. The summed E-state index contributed by atoms with van der Waals surface area (Å²) in [4.78, 5) is 61.4. The molecule has 1 N–H and O–H groups in total. The summed E-state index contributed by atoms with van der Waals surface area (Å²) < 4.78 is 6.14. The maximum atomic E-state index is 14.4. The van der Waals surface area contributed by atoms with Gasteiger partial charge in [0.2, 0.25) is 0 Å². The van der Waals surface area contributed by atoms with Crippen molar-refractivity contribution < 1.29 is 29.0 Å². The first-order chi connectivity index (χ1) is 22.7. The number of rotatable bonds is 8. The number of Topliss-reactive ketones (excluding diaryl/α,β-unsaturated/α-hetero) is 2. The monoisotopic (exact) mass is 674 g/mol. The largest absolute Gasteiger partial charge is 0.481 e. The first-order valence-electron chi connectivity index (χ1n) is 18.7. The van der Waals surface area contributed by atoms with Gasteiger partial charge in [0.15, 0.2) is 5.78 Å². The number of carbonyl (C=O) groups is 4. The highest BCUT2D eigenvalue weighted by molar-refractivity contribution is 6.07. The third-order valence-corrected chi connectivity index (χ3v) is 15.3. The topological polar surface area (TPSA) is 124 Å². The van der Waals surface area contributed by atoms with Gasteiger partial charge in [-0.15, -0.1) is 0 Å². The van der Waals surface area contributed by atoms with E-state index in [4.69, 9.17) is 4.74 Å². The molecule has 0 radical (unpaired) electrons. The lowest BCUT2D eigenvalue weighted by Crippen LogP contribution is -2.66. The highest BCUT2D eigenvalue weighted by Gasteiger charge is 2.71. The molecule has 6 rings (SSSR count). The van der Waals surface area contributed by atoms with Crippen molar-refractivity contribution in [1.29, 1.82) is 0 Å². The van der Waals surface area contributed by atoms with Gasteiger partial charge in [-0.25, -0.2) is 9.97 Å². The average molecular weight is 675 g/mol. The Morgan fingerprint density at radius 2 is 1.59 bits per heavy atom. The van der Waals surface area contributed by atoms with Crippen molar-refractivity contribution in [2.45, 2.75) is 139 Å². The lowest BCUT2D eigenvalue weighted by Gasteiger charge is -2.72. The number of carbonyl (C=O) groups excluding carboxylic acids is 3. The van der Waals surface area contributed by atoms with Crippen LogP contribution in [-0.2, 0) is 30.3 Å². The van der Waals surface area contributed by atoms with Crippen molar-refractivity contribution in [2.24, 2.45) is 56.2 Å². The molecule has 0 saturated heterocycles. The second-order valence-corrected chi connectivity index (χ2v) is 18.8. The molecule has 1 aromatic heterocycles. The summed E-state index contributed by atoms with van der Waals surface area (Å²) in [5.41, 5.74) is 0.756. The lowest BCUT2D eigenvalue weighted by molar-refractivity contribution is -0.233. The van der Waals surface area contributed by atoms with E-state index < -0.39 is 22.8 Å². The van der Waals surface area contributed by atoms with Gasteiger partial charge >= 0.3 is 11.9 Å². The average Bonchev–Trinajstić information content (AvgIpc) is 3.32. The Balaban J connectivity index is 1.31. The minimum atomic E-state index is -1.17. The molecule has 4 fully saturated rings. The van der Waals surface area contributed by atoms with Crippen LogP contribution in [0.1, 0.15) is 132 Å². The van der Waals surface area contributed by atoms with Crippen molar-refractivity contribution in [3.63, 3.8) is 0 Å². The number of carboxylic acids is 1. The molecule has 1 heterocycles. The number of allylic oxidation sites excluding steroid dienone is 2. The number of aromatic nitrogens is 2. The van der Waals surface area contributed by atoms with Gasteiger partial charge in [0.05, 0.1) is 17.3 Å². The molecule has 0 aromatic carbocycles. The Morgan fingerprint density at radius 1 is 0.918 bits per heavy atom. The van der Waals surface area contributed by atoms with Gasteiger partial charge in [-0.1, -0.05) is 48.5 Å². The third-order valence-electron chi connectivity index (χ3n) is 15.3. The Hall–Kier alpha value is -2.90. The van der Waals surface area contributed by atoms with Crippen molar-refractivity contribution in [1.82, 2.24) is 9.97 Å². The van der Waals surface area contributed by atoms with Crippen LogP contribution in [0.3, 0.4) is 0 Å². The quantitative estimate of drug-likeness (QED) is 0.275. The van der Waals surface area contributed by atoms with Crippen molar-refractivity contribution in [2.75, 3.05) is 0 Å². The predicted octanol–water partition coefficient (Wildman–Crippen LogP) is 7.98. The smallest absolute Gasteiger partial charge is 0.309 e. The van der Waals surface area contributed by atoms with E-state index >= 15 is 0 Å². The van der Waals surface area contributed by atoms with Gasteiger partial charge in [0, 0.05) is 30.7 Å². The maximum absolute atomic E-state index is 14.4. The van der Waals surface area contributed by atoms with Gasteiger partial charge in [-0.2, -0.15) is 0 Å². The van der Waals surface area contributed by atoms with Crippen LogP contribution in [0.15, 0.2) is 29.9 Å². The molecule has 49 heavy (non-hydrogen) atoms. The molecule has 8 heteroatoms. The summed E-state index contributed by atoms with van der Waals surface area (Å²) in [5, 5.41) is 9.58. The molecular weight excluding hydrogens is 616 g/mol. The summed E-state index contributed by atoms with van der Waals surface area (Å²) in [6, 6.07) is 0. The van der Waals surface area contributed by atoms with E-state index in [9.17, 15) is 24.3 Å². The summed E-state index contributed by atoms with van der Waals surface area (Å²) in [7, 11) is 0. The molecular formula is C41H58N2O6. The molecule has 0 spiro atoms. The second kappa shape index (κ2) is 11.8. The molecule has 8 atom stereocenters. The Labute approximate surface area is 292 Å². The standard InChI is InChI=1S/C41H58N2O6/c1-24(2)33-27(44)19-41(30(45)18-25-21-42-23-43-22-25)17-16-39(8)26(34(33)41)10-11-29-38(7)14-13-31(49-32(46)20-36(3,4)35(47)48)37(5,6)28(38)12-15-40(29,39)9/h21-24,26,28-29,31H,10-20H2,1-9H3,(H,47,48)/t26-,28+,29-,31+,38+,39-,40-,41+/m1/s1. The van der Waals surface area contributed by atoms with Crippen LogP contribution in [0, 0.1) is 56.2 Å².